The van der Waals surface area contributed by atoms with Crippen molar-refractivity contribution < 1.29 is 4.84 Å². The minimum Gasteiger partial charge on any atom is -0.387 e. The average Bonchev–Trinajstić information content (AvgIpc) is 2.13. The lowest BCUT2D eigenvalue weighted by Crippen LogP contribution is -2.29. The van der Waals surface area contributed by atoms with Crippen LogP contribution in [0.25, 0.3) is 0 Å². The first-order valence-corrected chi connectivity index (χ1v) is 4.25. The lowest BCUT2D eigenvalue weighted by molar-refractivity contribution is -0.0437. The molecular formula is C8H18N4O. The number of hydroxylamine groups is 2. The standard InChI is InChI=1S/C8H18N4O/c1-4-5-11-7(9)6-8(10)12(2)13-3/h10H,4-6H2,1-3H3,(H2,9,11). The van der Waals surface area contributed by atoms with Gasteiger partial charge in [-0.2, -0.15) is 0 Å². The van der Waals surface area contributed by atoms with E-state index in [0.717, 1.165) is 13.0 Å². The van der Waals surface area contributed by atoms with E-state index in [2.05, 4.69) is 4.99 Å². The van der Waals surface area contributed by atoms with Crippen LogP contribution < -0.4 is 5.73 Å². The number of rotatable bonds is 5. The summed E-state index contributed by atoms with van der Waals surface area (Å²) in [6, 6.07) is 0. The molecule has 0 radical (unpaired) electrons. The van der Waals surface area contributed by atoms with Crippen LogP contribution in [0.15, 0.2) is 4.99 Å². The van der Waals surface area contributed by atoms with Gasteiger partial charge in [-0.1, -0.05) is 6.92 Å². The molecule has 5 heteroatoms. The summed E-state index contributed by atoms with van der Waals surface area (Å²) in [6.07, 6.45) is 1.30. The number of amidine groups is 2. The van der Waals surface area contributed by atoms with E-state index < -0.39 is 0 Å². The second kappa shape index (κ2) is 6.42. The smallest absolute Gasteiger partial charge is 0.128 e. The second-order valence-corrected chi connectivity index (χ2v) is 2.68. The van der Waals surface area contributed by atoms with Crippen molar-refractivity contribution in [3.63, 3.8) is 0 Å². The van der Waals surface area contributed by atoms with Crippen LogP contribution in [0.5, 0.6) is 0 Å². The second-order valence-electron chi connectivity index (χ2n) is 2.68. The maximum atomic E-state index is 7.50. The van der Waals surface area contributed by atoms with Gasteiger partial charge in [-0.25, -0.2) is 5.06 Å². The van der Waals surface area contributed by atoms with Gasteiger partial charge in [0.05, 0.1) is 13.5 Å². The Kier molecular flexibility index (Phi) is 5.88. The summed E-state index contributed by atoms with van der Waals surface area (Å²) in [4.78, 5) is 8.89. The molecule has 13 heavy (non-hydrogen) atoms. The van der Waals surface area contributed by atoms with Crippen molar-refractivity contribution in [3.05, 3.63) is 0 Å². The fraction of sp³-hybridized carbons (Fsp3) is 0.750. The van der Waals surface area contributed by atoms with Gasteiger partial charge < -0.3 is 5.73 Å². The molecule has 0 aromatic heterocycles. The normalized spacial score (nSPS) is 11.5. The van der Waals surface area contributed by atoms with Crippen LogP contribution in [0.3, 0.4) is 0 Å². The van der Waals surface area contributed by atoms with Crippen LogP contribution in [0.2, 0.25) is 0 Å². The first kappa shape index (κ1) is 11.9. The Hall–Kier alpha value is -1.10. The van der Waals surface area contributed by atoms with Crippen LogP contribution >= 0.6 is 0 Å². The van der Waals surface area contributed by atoms with Gasteiger partial charge in [0.25, 0.3) is 0 Å². The van der Waals surface area contributed by atoms with Gasteiger partial charge >= 0.3 is 0 Å². The van der Waals surface area contributed by atoms with Crippen molar-refractivity contribution in [1.82, 2.24) is 5.06 Å². The summed E-state index contributed by atoms with van der Waals surface area (Å²) >= 11 is 0. The van der Waals surface area contributed by atoms with Crippen LogP contribution in [-0.4, -0.2) is 37.4 Å². The fourth-order valence-electron chi connectivity index (χ4n) is 0.704. The Morgan fingerprint density at radius 3 is 2.69 bits per heavy atom. The van der Waals surface area contributed by atoms with Gasteiger partial charge in [-0.15, -0.1) is 0 Å². The van der Waals surface area contributed by atoms with E-state index in [1.54, 1.807) is 7.05 Å². The summed E-state index contributed by atoms with van der Waals surface area (Å²) in [5.74, 6) is 0.788. The van der Waals surface area contributed by atoms with Crippen molar-refractivity contribution in [1.29, 1.82) is 5.41 Å². The highest BCUT2D eigenvalue weighted by molar-refractivity contribution is 5.99. The van der Waals surface area contributed by atoms with E-state index in [1.165, 1.54) is 12.2 Å². The van der Waals surface area contributed by atoms with Crippen molar-refractivity contribution >= 4 is 11.7 Å². The van der Waals surface area contributed by atoms with Gasteiger partial charge in [-0.05, 0) is 6.42 Å². The third kappa shape index (κ3) is 5.19. The Morgan fingerprint density at radius 1 is 1.62 bits per heavy atom. The molecule has 76 valence electrons. The molecule has 0 saturated heterocycles. The third-order valence-electron chi connectivity index (χ3n) is 1.54. The first-order chi connectivity index (χ1) is 6.11. The first-order valence-electron chi connectivity index (χ1n) is 4.25. The number of nitrogens with zero attached hydrogens (tertiary/aromatic N) is 2. The molecule has 0 aromatic rings. The molecule has 5 nitrogen and oxygen atoms in total. The van der Waals surface area contributed by atoms with Crippen molar-refractivity contribution in [3.8, 4) is 0 Å². The largest absolute Gasteiger partial charge is 0.387 e. The molecule has 0 amide bonds. The van der Waals surface area contributed by atoms with Gasteiger partial charge in [0.15, 0.2) is 0 Å². The van der Waals surface area contributed by atoms with E-state index >= 15 is 0 Å². The molecule has 0 atom stereocenters. The molecule has 0 aromatic carbocycles. The highest BCUT2D eigenvalue weighted by Gasteiger charge is 2.04. The molecule has 0 rings (SSSR count). The third-order valence-corrected chi connectivity index (χ3v) is 1.54. The molecule has 3 N–H and O–H groups in total. The molecule has 0 aliphatic heterocycles. The van der Waals surface area contributed by atoms with Gasteiger partial charge in [0, 0.05) is 13.6 Å². The molecule has 0 spiro atoms. The van der Waals surface area contributed by atoms with Crippen molar-refractivity contribution in [2.45, 2.75) is 19.8 Å². The summed E-state index contributed by atoms with van der Waals surface area (Å²) in [5.41, 5.74) is 5.58. The Morgan fingerprint density at radius 2 is 2.23 bits per heavy atom. The van der Waals surface area contributed by atoms with Crippen molar-refractivity contribution in [2.75, 3.05) is 20.7 Å². The minimum atomic E-state index is 0.305. The molecule has 0 heterocycles. The molecule has 0 saturated carbocycles. The van der Waals surface area contributed by atoms with E-state index in [0.29, 0.717) is 18.1 Å². The monoisotopic (exact) mass is 186 g/mol. The van der Waals surface area contributed by atoms with Crippen molar-refractivity contribution in [2.24, 2.45) is 10.7 Å². The van der Waals surface area contributed by atoms with E-state index in [-0.39, 0.29) is 0 Å². The van der Waals surface area contributed by atoms with Crippen LogP contribution in [0, 0.1) is 5.41 Å². The minimum absolute atomic E-state index is 0.305. The summed E-state index contributed by atoms with van der Waals surface area (Å²) in [7, 11) is 3.17. The Bertz CT molecular complexity index is 191. The number of hydrogen-bond acceptors (Lipinski definition) is 3. The zero-order valence-corrected chi connectivity index (χ0v) is 8.50. The molecule has 0 bridgehead atoms. The van der Waals surface area contributed by atoms with Gasteiger partial charge in [0.2, 0.25) is 0 Å². The lowest BCUT2D eigenvalue weighted by atomic mass is 10.3. The molecule has 0 unspecified atom stereocenters. The average molecular weight is 186 g/mol. The van der Waals surface area contributed by atoms with Crippen LogP contribution in [0.4, 0.5) is 0 Å². The number of nitrogens with two attached hydrogens (primary N) is 1. The number of nitrogens with one attached hydrogen (secondary N) is 1. The Labute approximate surface area is 79.0 Å². The maximum absolute atomic E-state index is 7.50. The van der Waals surface area contributed by atoms with Gasteiger partial charge in [0.1, 0.15) is 11.7 Å². The zero-order chi connectivity index (χ0) is 10.3. The highest BCUT2D eigenvalue weighted by atomic mass is 16.7. The zero-order valence-electron chi connectivity index (χ0n) is 8.50. The van der Waals surface area contributed by atoms with Crippen LogP contribution in [-0.2, 0) is 4.84 Å². The van der Waals surface area contributed by atoms with Crippen LogP contribution in [0.1, 0.15) is 19.8 Å². The molecule has 0 aliphatic carbocycles. The fourth-order valence-corrected chi connectivity index (χ4v) is 0.704. The van der Waals surface area contributed by atoms with E-state index in [4.69, 9.17) is 16.0 Å². The predicted octanol–water partition coefficient (Wildman–Crippen LogP) is 0.614. The quantitative estimate of drug-likeness (QED) is 0.375. The molecule has 0 aliphatic rings. The topological polar surface area (TPSA) is 74.7 Å². The highest BCUT2D eigenvalue weighted by Crippen LogP contribution is 1.92. The Balaban J connectivity index is 3.90. The summed E-state index contributed by atoms with van der Waals surface area (Å²) in [5, 5.41) is 8.86. The SMILES string of the molecule is CCCN=C(N)CC(=N)N(C)OC. The van der Waals surface area contributed by atoms with E-state index in [9.17, 15) is 0 Å². The van der Waals surface area contributed by atoms with Gasteiger partial charge in [-0.3, -0.25) is 15.2 Å². The summed E-state index contributed by atoms with van der Waals surface area (Å²) in [6.45, 7) is 2.75. The molecule has 0 fully saturated rings. The lowest BCUT2D eigenvalue weighted by Gasteiger charge is -2.15. The predicted molar refractivity (Wildman–Crippen MR) is 53.9 cm³/mol. The molecular weight excluding hydrogens is 168 g/mol. The van der Waals surface area contributed by atoms with E-state index in [1.807, 2.05) is 6.92 Å². The number of aliphatic imine (C=N–C) groups is 1. The maximum Gasteiger partial charge on any atom is 0.128 e. The summed E-state index contributed by atoms with van der Waals surface area (Å²) < 4.78 is 0. The number of hydrogen-bond donors (Lipinski definition) is 2.